The normalized spacial score (nSPS) is 11.3. The third kappa shape index (κ3) is 6.12. The Morgan fingerprint density at radius 1 is 1.04 bits per heavy atom. The molecule has 0 spiro atoms. The Kier molecular flexibility index (Phi) is 8.02. The SMILES string of the molecule is CCOc1ccccc1C(=O)NCCCC(=O)NC(C(=O)O)c1ccccc1. The predicted molar refractivity (Wildman–Crippen MR) is 104 cm³/mol. The second kappa shape index (κ2) is 10.7. The van der Waals surface area contributed by atoms with Crippen LogP contribution in [-0.2, 0) is 9.59 Å². The van der Waals surface area contributed by atoms with E-state index in [0.717, 1.165) is 0 Å². The van der Waals surface area contributed by atoms with Crippen LogP contribution >= 0.6 is 0 Å². The first-order chi connectivity index (χ1) is 13.5. The Labute approximate surface area is 163 Å². The Morgan fingerprint density at radius 3 is 2.39 bits per heavy atom. The minimum atomic E-state index is -1.12. The molecule has 7 heteroatoms. The number of rotatable bonds is 10. The number of para-hydroxylation sites is 1. The lowest BCUT2D eigenvalue weighted by molar-refractivity contribution is -0.142. The van der Waals surface area contributed by atoms with Crippen molar-refractivity contribution in [1.29, 1.82) is 0 Å². The van der Waals surface area contributed by atoms with Gasteiger partial charge in [-0.1, -0.05) is 42.5 Å². The van der Waals surface area contributed by atoms with Crippen LogP contribution in [0.2, 0.25) is 0 Å². The molecule has 0 heterocycles. The first-order valence-electron chi connectivity index (χ1n) is 9.10. The van der Waals surface area contributed by atoms with E-state index in [4.69, 9.17) is 4.74 Å². The second-order valence-electron chi connectivity index (χ2n) is 6.04. The number of amides is 2. The molecule has 0 aliphatic carbocycles. The molecule has 0 aliphatic heterocycles. The van der Waals surface area contributed by atoms with E-state index in [1.165, 1.54) is 0 Å². The fourth-order valence-corrected chi connectivity index (χ4v) is 2.65. The molecule has 0 saturated carbocycles. The van der Waals surface area contributed by atoms with Crippen LogP contribution < -0.4 is 15.4 Å². The van der Waals surface area contributed by atoms with E-state index < -0.39 is 12.0 Å². The quantitative estimate of drug-likeness (QED) is 0.546. The predicted octanol–water partition coefficient (Wildman–Crippen LogP) is 2.54. The van der Waals surface area contributed by atoms with E-state index in [9.17, 15) is 19.5 Å². The zero-order valence-corrected chi connectivity index (χ0v) is 15.7. The summed E-state index contributed by atoms with van der Waals surface area (Å²) in [7, 11) is 0. The van der Waals surface area contributed by atoms with Crippen LogP contribution in [0.1, 0.15) is 41.7 Å². The molecule has 2 aromatic rings. The van der Waals surface area contributed by atoms with Crippen LogP contribution in [0.5, 0.6) is 5.75 Å². The van der Waals surface area contributed by atoms with Crippen molar-refractivity contribution >= 4 is 17.8 Å². The van der Waals surface area contributed by atoms with Crippen molar-refractivity contribution < 1.29 is 24.2 Å². The van der Waals surface area contributed by atoms with Crippen molar-refractivity contribution in [2.45, 2.75) is 25.8 Å². The summed E-state index contributed by atoms with van der Waals surface area (Å²) in [5.74, 6) is -1.29. The van der Waals surface area contributed by atoms with Crippen molar-refractivity contribution in [3.8, 4) is 5.75 Å². The minimum absolute atomic E-state index is 0.101. The molecule has 2 amide bonds. The average molecular weight is 384 g/mol. The van der Waals surface area contributed by atoms with Gasteiger partial charge in [0.1, 0.15) is 5.75 Å². The van der Waals surface area contributed by atoms with Gasteiger partial charge in [-0.25, -0.2) is 4.79 Å². The Morgan fingerprint density at radius 2 is 1.71 bits per heavy atom. The Bertz CT molecular complexity index is 807. The molecule has 1 unspecified atom stereocenters. The van der Waals surface area contributed by atoms with E-state index in [-0.39, 0.29) is 24.8 Å². The summed E-state index contributed by atoms with van der Waals surface area (Å²) in [4.78, 5) is 35.8. The van der Waals surface area contributed by atoms with Crippen molar-refractivity contribution in [1.82, 2.24) is 10.6 Å². The van der Waals surface area contributed by atoms with Gasteiger partial charge < -0.3 is 20.5 Å². The van der Waals surface area contributed by atoms with Gasteiger partial charge in [0.2, 0.25) is 5.91 Å². The highest BCUT2D eigenvalue weighted by Gasteiger charge is 2.21. The van der Waals surface area contributed by atoms with Gasteiger partial charge in [-0.05, 0) is 31.0 Å². The number of hydrogen-bond acceptors (Lipinski definition) is 4. The van der Waals surface area contributed by atoms with E-state index in [0.29, 0.717) is 29.9 Å². The maximum absolute atomic E-state index is 12.3. The van der Waals surface area contributed by atoms with Gasteiger partial charge in [-0.3, -0.25) is 9.59 Å². The standard InChI is InChI=1S/C21H24N2O5/c1-2-28-17-12-7-6-11-16(17)20(25)22-14-8-13-18(24)23-19(21(26)27)15-9-4-3-5-10-15/h3-7,9-12,19H,2,8,13-14H2,1H3,(H,22,25)(H,23,24)(H,26,27). The number of ether oxygens (including phenoxy) is 1. The number of carbonyl (C=O) groups excluding carboxylic acids is 2. The molecule has 1 atom stereocenters. The number of hydrogen-bond donors (Lipinski definition) is 3. The highest BCUT2D eigenvalue weighted by Crippen LogP contribution is 2.17. The number of carboxylic acid groups (broad SMARTS) is 1. The van der Waals surface area contributed by atoms with Gasteiger partial charge >= 0.3 is 5.97 Å². The van der Waals surface area contributed by atoms with Crippen LogP contribution in [0.4, 0.5) is 0 Å². The number of nitrogens with one attached hydrogen (secondary N) is 2. The molecule has 0 aromatic heterocycles. The number of carboxylic acids is 1. The summed E-state index contributed by atoms with van der Waals surface area (Å²) in [5, 5.41) is 14.6. The maximum Gasteiger partial charge on any atom is 0.330 e. The van der Waals surface area contributed by atoms with Crippen molar-refractivity contribution in [2.75, 3.05) is 13.2 Å². The molecule has 28 heavy (non-hydrogen) atoms. The highest BCUT2D eigenvalue weighted by atomic mass is 16.5. The fourth-order valence-electron chi connectivity index (χ4n) is 2.65. The van der Waals surface area contributed by atoms with Gasteiger partial charge in [0, 0.05) is 13.0 Å². The zero-order chi connectivity index (χ0) is 20.4. The summed E-state index contributed by atoms with van der Waals surface area (Å²) >= 11 is 0. The number of carbonyl (C=O) groups is 3. The average Bonchev–Trinajstić information content (AvgIpc) is 2.70. The van der Waals surface area contributed by atoms with Crippen molar-refractivity contribution in [3.63, 3.8) is 0 Å². The summed E-state index contributed by atoms with van der Waals surface area (Å²) < 4.78 is 5.43. The smallest absolute Gasteiger partial charge is 0.330 e. The fraction of sp³-hybridized carbons (Fsp3) is 0.286. The zero-order valence-electron chi connectivity index (χ0n) is 15.7. The second-order valence-corrected chi connectivity index (χ2v) is 6.04. The third-order valence-corrected chi connectivity index (χ3v) is 3.98. The Hall–Kier alpha value is -3.35. The maximum atomic E-state index is 12.3. The van der Waals surface area contributed by atoms with Crippen molar-refractivity contribution in [3.05, 3.63) is 65.7 Å². The molecular formula is C21H24N2O5. The van der Waals surface area contributed by atoms with Crippen LogP contribution in [0.25, 0.3) is 0 Å². The summed E-state index contributed by atoms with van der Waals surface area (Å²) in [5.41, 5.74) is 0.938. The van der Waals surface area contributed by atoms with Crippen LogP contribution in [0.15, 0.2) is 54.6 Å². The first kappa shape index (κ1) is 21.0. The topological polar surface area (TPSA) is 105 Å². The number of benzene rings is 2. The molecule has 0 aliphatic rings. The van der Waals surface area contributed by atoms with E-state index >= 15 is 0 Å². The molecule has 0 saturated heterocycles. The van der Waals surface area contributed by atoms with E-state index in [1.807, 2.05) is 6.92 Å². The van der Waals surface area contributed by atoms with Gasteiger partial charge in [-0.15, -0.1) is 0 Å². The third-order valence-electron chi connectivity index (χ3n) is 3.98. The van der Waals surface area contributed by atoms with Gasteiger partial charge in [0.05, 0.1) is 12.2 Å². The highest BCUT2D eigenvalue weighted by molar-refractivity contribution is 5.96. The monoisotopic (exact) mass is 384 g/mol. The summed E-state index contributed by atoms with van der Waals surface area (Å²) in [6.45, 7) is 2.58. The molecule has 0 fully saturated rings. The first-order valence-corrected chi connectivity index (χ1v) is 9.10. The van der Waals surface area contributed by atoms with Gasteiger partial charge in [0.25, 0.3) is 5.91 Å². The van der Waals surface area contributed by atoms with Crippen LogP contribution in [-0.4, -0.2) is 36.0 Å². The van der Waals surface area contributed by atoms with E-state index in [1.54, 1.807) is 54.6 Å². The van der Waals surface area contributed by atoms with Crippen molar-refractivity contribution in [2.24, 2.45) is 0 Å². The minimum Gasteiger partial charge on any atom is -0.493 e. The molecular weight excluding hydrogens is 360 g/mol. The lowest BCUT2D eigenvalue weighted by Gasteiger charge is -2.15. The summed E-state index contributed by atoms with van der Waals surface area (Å²) in [6, 6.07) is 14.3. The molecule has 0 radical (unpaired) electrons. The number of aliphatic carboxylic acids is 1. The van der Waals surface area contributed by atoms with E-state index in [2.05, 4.69) is 10.6 Å². The Balaban J connectivity index is 1.81. The van der Waals surface area contributed by atoms with Gasteiger partial charge in [0.15, 0.2) is 6.04 Å². The lowest BCUT2D eigenvalue weighted by atomic mass is 10.1. The summed E-state index contributed by atoms with van der Waals surface area (Å²) in [6.07, 6.45) is 0.486. The molecule has 3 N–H and O–H groups in total. The molecule has 148 valence electrons. The molecule has 7 nitrogen and oxygen atoms in total. The van der Waals surface area contributed by atoms with Crippen LogP contribution in [0, 0.1) is 0 Å². The lowest BCUT2D eigenvalue weighted by Crippen LogP contribution is -2.34. The van der Waals surface area contributed by atoms with Gasteiger partial charge in [-0.2, -0.15) is 0 Å². The molecule has 0 bridgehead atoms. The molecule has 2 rings (SSSR count). The van der Waals surface area contributed by atoms with Crippen LogP contribution in [0.3, 0.4) is 0 Å². The largest absolute Gasteiger partial charge is 0.493 e. The molecule has 2 aromatic carbocycles.